The first-order valence-electron chi connectivity index (χ1n) is 7.37. The second kappa shape index (κ2) is 8.41. The van der Waals surface area contributed by atoms with Crippen molar-refractivity contribution in [1.29, 1.82) is 0 Å². The van der Waals surface area contributed by atoms with Crippen LogP contribution in [0.3, 0.4) is 0 Å². The molecule has 0 unspecified atom stereocenters. The van der Waals surface area contributed by atoms with E-state index in [4.69, 9.17) is 16.0 Å². The molecule has 0 spiro atoms. The fraction of sp³-hybridized carbons (Fsp3) is 0. The zero-order chi connectivity index (χ0) is 17.5. The summed E-state index contributed by atoms with van der Waals surface area (Å²) in [5.41, 5.74) is 3.07. The number of rotatable bonds is 5. The largest absolute Gasteiger partial charge is 0.448 e. The molecular formula is C18H14ClN3O2S. The second-order valence-electron chi connectivity index (χ2n) is 4.90. The zero-order valence-electron chi connectivity index (χ0n) is 13.0. The second-order valence-corrected chi connectivity index (χ2v) is 6.42. The van der Waals surface area contributed by atoms with Crippen molar-refractivity contribution in [1.82, 2.24) is 5.43 Å². The number of benzene rings is 2. The van der Waals surface area contributed by atoms with Gasteiger partial charge in [-0.3, -0.25) is 0 Å². The van der Waals surface area contributed by atoms with Gasteiger partial charge in [0.2, 0.25) is 0 Å². The molecule has 0 saturated carbocycles. The maximum absolute atomic E-state index is 11.7. The predicted molar refractivity (Wildman–Crippen MR) is 100 cm³/mol. The number of halogens is 1. The van der Waals surface area contributed by atoms with Crippen molar-refractivity contribution in [2.45, 2.75) is 9.99 Å². The molecule has 0 aliphatic rings. The normalized spacial score (nSPS) is 10.8. The number of furan rings is 1. The molecule has 3 rings (SSSR count). The third-order valence-electron chi connectivity index (χ3n) is 3.02. The highest BCUT2D eigenvalue weighted by Gasteiger charge is 2.03. The highest BCUT2D eigenvalue weighted by molar-refractivity contribution is 7.99. The molecule has 5 nitrogen and oxygen atoms in total. The quantitative estimate of drug-likeness (QED) is 0.476. The summed E-state index contributed by atoms with van der Waals surface area (Å²) in [6, 6.07) is 19.8. The molecule has 1 aromatic heterocycles. The van der Waals surface area contributed by atoms with Crippen molar-refractivity contribution < 1.29 is 9.21 Å². The van der Waals surface area contributed by atoms with Gasteiger partial charge in [0.05, 0.1) is 6.21 Å². The first-order valence-corrected chi connectivity index (χ1v) is 8.57. The highest BCUT2D eigenvalue weighted by Crippen LogP contribution is 2.29. The average Bonchev–Trinajstić information content (AvgIpc) is 3.05. The van der Waals surface area contributed by atoms with E-state index in [2.05, 4.69) is 15.8 Å². The summed E-state index contributed by atoms with van der Waals surface area (Å²) >= 11 is 7.33. The molecule has 2 N–H and O–H groups in total. The van der Waals surface area contributed by atoms with Crippen LogP contribution in [-0.4, -0.2) is 12.2 Å². The zero-order valence-corrected chi connectivity index (χ0v) is 14.6. The Morgan fingerprint density at radius 1 is 1.04 bits per heavy atom. The highest BCUT2D eigenvalue weighted by atomic mass is 35.5. The summed E-state index contributed by atoms with van der Waals surface area (Å²) in [6.07, 6.45) is 1.44. The molecule has 0 aliphatic heterocycles. The van der Waals surface area contributed by atoms with Crippen LogP contribution in [0.25, 0.3) is 0 Å². The van der Waals surface area contributed by atoms with E-state index in [0.717, 1.165) is 9.99 Å². The molecule has 3 aromatic rings. The van der Waals surface area contributed by atoms with E-state index >= 15 is 0 Å². The topological polar surface area (TPSA) is 66.6 Å². The Hall–Kier alpha value is -2.70. The number of anilines is 1. The molecule has 1 heterocycles. The van der Waals surface area contributed by atoms with Crippen molar-refractivity contribution >= 4 is 41.3 Å². The average molecular weight is 372 g/mol. The summed E-state index contributed by atoms with van der Waals surface area (Å²) < 4.78 is 5.63. The minimum atomic E-state index is -0.426. The van der Waals surface area contributed by atoms with Gasteiger partial charge in [-0.1, -0.05) is 41.6 Å². The van der Waals surface area contributed by atoms with Crippen LogP contribution in [0, 0.1) is 0 Å². The van der Waals surface area contributed by atoms with E-state index in [1.807, 2.05) is 48.5 Å². The summed E-state index contributed by atoms with van der Waals surface area (Å²) in [4.78, 5) is 12.7. The molecule has 0 aliphatic carbocycles. The van der Waals surface area contributed by atoms with Gasteiger partial charge in [-0.15, -0.1) is 0 Å². The van der Waals surface area contributed by atoms with Gasteiger partial charge in [-0.05, 0) is 48.5 Å². The number of hydrogen-bond donors (Lipinski definition) is 2. The smallest absolute Gasteiger partial charge is 0.339 e. The van der Waals surface area contributed by atoms with Crippen molar-refractivity contribution in [3.05, 3.63) is 77.5 Å². The number of carbonyl (C=O) groups excluding carboxylic acids is 1. The van der Waals surface area contributed by atoms with E-state index in [9.17, 15) is 4.79 Å². The van der Waals surface area contributed by atoms with Crippen molar-refractivity contribution in [2.24, 2.45) is 5.10 Å². The van der Waals surface area contributed by atoms with Gasteiger partial charge in [0.1, 0.15) is 5.76 Å². The van der Waals surface area contributed by atoms with Crippen LogP contribution in [0.1, 0.15) is 5.76 Å². The maximum Gasteiger partial charge on any atom is 0.339 e. The molecule has 0 radical (unpaired) electrons. The van der Waals surface area contributed by atoms with Crippen molar-refractivity contribution in [2.75, 3.05) is 5.32 Å². The number of para-hydroxylation sites is 1. The van der Waals surface area contributed by atoms with Crippen molar-refractivity contribution in [3.63, 3.8) is 0 Å². The Morgan fingerprint density at radius 3 is 2.56 bits per heavy atom. The molecule has 0 atom stereocenters. The van der Waals surface area contributed by atoms with Crippen LogP contribution in [0.4, 0.5) is 10.5 Å². The molecule has 7 heteroatoms. The predicted octanol–water partition coefficient (Wildman–Crippen LogP) is 5.24. The monoisotopic (exact) mass is 371 g/mol. The lowest BCUT2D eigenvalue weighted by molar-refractivity contribution is 0.252. The summed E-state index contributed by atoms with van der Waals surface area (Å²) in [5, 5.41) is 7.93. The van der Waals surface area contributed by atoms with Crippen LogP contribution >= 0.6 is 23.4 Å². The van der Waals surface area contributed by atoms with Crippen LogP contribution in [0.2, 0.25) is 5.02 Å². The number of hydrogen-bond acceptors (Lipinski definition) is 4. The van der Waals surface area contributed by atoms with E-state index in [-0.39, 0.29) is 0 Å². The fourth-order valence-electron chi connectivity index (χ4n) is 1.91. The molecule has 0 saturated heterocycles. The minimum absolute atomic E-state index is 0.426. The number of nitrogens with one attached hydrogen (secondary N) is 2. The van der Waals surface area contributed by atoms with Gasteiger partial charge in [0.25, 0.3) is 0 Å². The van der Waals surface area contributed by atoms with Gasteiger partial charge in [-0.25, -0.2) is 10.2 Å². The van der Waals surface area contributed by atoms with E-state index in [0.29, 0.717) is 16.5 Å². The van der Waals surface area contributed by atoms with Gasteiger partial charge in [-0.2, -0.15) is 5.10 Å². The van der Waals surface area contributed by atoms with Gasteiger partial charge >= 0.3 is 6.03 Å². The lowest BCUT2D eigenvalue weighted by atomic mass is 10.3. The van der Waals surface area contributed by atoms with Crippen LogP contribution in [-0.2, 0) is 0 Å². The lowest BCUT2D eigenvalue weighted by Crippen LogP contribution is -2.24. The summed E-state index contributed by atoms with van der Waals surface area (Å²) in [6.45, 7) is 0. The van der Waals surface area contributed by atoms with Crippen LogP contribution < -0.4 is 10.7 Å². The Bertz CT molecular complexity index is 864. The molecule has 2 aromatic carbocycles. The first-order chi connectivity index (χ1) is 12.2. The number of amides is 2. The summed E-state index contributed by atoms with van der Waals surface area (Å²) in [5.74, 6) is 0.538. The Morgan fingerprint density at radius 2 is 1.80 bits per heavy atom. The Labute approximate surface area is 154 Å². The maximum atomic E-state index is 11.7. The molecule has 25 heavy (non-hydrogen) atoms. The first kappa shape index (κ1) is 17.1. The molecule has 2 amide bonds. The Kier molecular flexibility index (Phi) is 5.77. The standard InChI is InChI=1S/C18H14ClN3O2S/c19-13-6-9-16(10-7-13)25-17-11-8-15(24-17)12-20-22-18(23)21-14-4-2-1-3-5-14/h1-12H,(H2,21,22,23)/b20-12-. The lowest BCUT2D eigenvalue weighted by Gasteiger charge is -2.02. The number of urea groups is 1. The molecule has 0 fully saturated rings. The summed E-state index contributed by atoms with van der Waals surface area (Å²) in [7, 11) is 0. The van der Waals surface area contributed by atoms with E-state index in [1.165, 1.54) is 18.0 Å². The van der Waals surface area contributed by atoms with Gasteiger partial charge in [0.15, 0.2) is 5.09 Å². The van der Waals surface area contributed by atoms with Gasteiger partial charge < -0.3 is 9.73 Å². The van der Waals surface area contributed by atoms with Crippen molar-refractivity contribution in [3.8, 4) is 0 Å². The third kappa shape index (κ3) is 5.41. The fourth-order valence-corrected chi connectivity index (χ4v) is 2.82. The van der Waals surface area contributed by atoms with Crippen LogP contribution in [0.5, 0.6) is 0 Å². The number of carbonyl (C=O) groups is 1. The minimum Gasteiger partial charge on any atom is -0.448 e. The number of nitrogens with zero attached hydrogens (tertiary/aromatic N) is 1. The van der Waals surface area contributed by atoms with Gasteiger partial charge in [0, 0.05) is 15.6 Å². The number of hydrazone groups is 1. The molecular weight excluding hydrogens is 358 g/mol. The SMILES string of the molecule is O=C(N/N=C\c1ccc(Sc2ccc(Cl)cc2)o1)Nc1ccccc1. The third-order valence-corrected chi connectivity index (χ3v) is 4.20. The van der Waals surface area contributed by atoms with E-state index in [1.54, 1.807) is 18.2 Å². The molecule has 0 bridgehead atoms. The van der Waals surface area contributed by atoms with E-state index < -0.39 is 6.03 Å². The Balaban J connectivity index is 1.51. The molecule has 126 valence electrons. The van der Waals surface area contributed by atoms with Crippen LogP contribution in [0.15, 0.2) is 86.2 Å².